The van der Waals surface area contributed by atoms with Crippen molar-refractivity contribution in [1.82, 2.24) is 25.5 Å². The van der Waals surface area contributed by atoms with E-state index in [2.05, 4.69) is 49.8 Å². The average molecular weight is 297 g/mol. The van der Waals surface area contributed by atoms with E-state index in [1.54, 1.807) is 0 Å². The fourth-order valence-corrected chi connectivity index (χ4v) is 2.95. The van der Waals surface area contributed by atoms with Gasteiger partial charge in [0.2, 0.25) is 0 Å². The van der Waals surface area contributed by atoms with Crippen LogP contribution in [0.15, 0.2) is 49.1 Å². The van der Waals surface area contributed by atoms with Gasteiger partial charge in [-0.2, -0.15) is 0 Å². The maximum absolute atomic E-state index is 4.16. The van der Waals surface area contributed by atoms with Gasteiger partial charge in [0.1, 0.15) is 0 Å². The predicted octanol–water partition coefficient (Wildman–Crippen LogP) is 1.06. The lowest BCUT2D eigenvalue weighted by molar-refractivity contribution is 0.231. The molecule has 0 unspecified atom stereocenters. The molecule has 0 aliphatic carbocycles. The summed E-state index contributed by atoms with van der Waals surface area (Å²) in [5, 5.41) is 6.97. The van der Waals surface area contributed by atoms with E-state index in [-0.39, 0.29) is 6.04 Å². The van der Waals surface area contributed by atoms with E-state index >= 15 is 0 Å². The summed E-state index contributed by atoms with van der Waals surface area (Å²) >= 11 is 0. The summed E-state index contributed by atoms with van der Waals surface area (Å²) in [6, 6.07) is 8.68. The van der Waals surface area contributed by atoms with Crippen molar-refractivity contribution >= 4 is 0 Å². The van der Waals surface area contributed by atoms with Gasteiger partial charge in [0.05, 0.1) is 6.04 Å². The molecule has 0 spiro atoms. The lowest BCUT2D eigenvalue weighted by atomic mass is 9.98. The van der Waals surface area contributed by atoms with Gasteiger partial charge >= 0.3 is 0 Å². The summed E-state index contributed by atoms with van der Waals surface area (Å²) in [5.74, 6) is 0. The molecule has 3 rings (SSSR count). The first-order valence-electron chi connectivity index (χ1n) is 7.90. The maximum Gasteiger partial charge on any atom is 0.0604 e. The summed E-state index contributed by atoms with van der Waals surface area (Å²) in [4.78, 5) is 10.8. The largest absolute Gasteiger partial charge is 0.314 e. The van der Waals surface area contributed by atoms with Crippen molar-refractivity contribution in [2.75, 3.05) is 39.3 Å². The molecule has 1 saturated heterocycles. The summed E-state index contributed by atoms with van der Waals surface area (Å²) < 4.78 is 0. The minimum absolute atomic E-state index is 0.243. The minimum Gasteiger partial charge on any atom is -0.314 e. The van der Waals surface area contributed by atoms with E-state index in [0.717, 1.165) is 39.3 Å². The quantitative estimate of drug-likeness (QED) is 0.887. The Morgan fingerprint density at radius 1 is 0.727 bits per heavy atom. The lowest BCUT2D eigenvalue weighted by Gasteiger charge is -2.32. The van der Waals surface area contributed by atoms with Crippen molar-refractivity contribution < 1.29 is 0 Å². The first-order valence-corrected chi connectivity index (χ1v) is 7.90. The molecule has 2 aromatic heterocycles. The second kappa shape index (κ2) is 7.98. The van der Waals surface area contributed by atoms with Crippen LogP contribution < -0.4 is 10.6 Å². The van der Waals surface area contributed by atoms with Gasteiger partial charge in [-0.25, -0.2) is 0 Å². The van der Waals surface area contributed by atoms with Crippen LogP contribution in [0.3, 0.4) is 0 Å². The van der Waals surface area contributed by atoms with Gasteiger partial charge < -0.3 is 10.6 Å². The molecule has 3 heterocycles. The zero-order chi connectivity index (χ0) is 15.0. The van der Waals surface area contributed by atoms with Crippen LogP contribution >= 0.6 is 0 Å². The summed E-state index contributed by atoms with van der Waals surface area (Å²) in [6.45, 7) is 6.13. The molecule has 1 aliphatic rings. The van der Waals surface area contributed by atoms with E-state index in [1.807, 2.05) is 24.8 Å². The molecule has 5 nitrogen and oxygen atoms in total. The molecule has 2 aromatic rings. The smallest absolute Gasteiger partial charge is 0.0604 e. The van der Waals surface area contributed by atoms with Crippen molar-refractivity contribution in [3.63, 3.8) is 0 Å². The molecule has 116 valence electrons. The Hall–Kier alpha value is -1.82. The van der Waals surface area contributed by atoms with Crippen LogP contribution in [0.2, 0.25) is 0 Å². The minimum atomic E-state index is 0.243. The van der Waals surface area contributed by atoms with Crippen molar-refractivity contribution in [3.8, 4) is 0 Å². The van der Waals surface area contributed by atoms with E-state index < -0.39 is 0 Å². The lowest BCUT2D eigenvalue weighted by Crippen LogP contribution is -2.37. The van der Waals surface area contributed by atoms with Crippen LogP contribution in [0, 0.1) is 0 Å². The molecular weight excluding hydrogens is 274 g/mol. The summed E-state index contributed by atoms with van der Waals surface area (Å²) in [6.07, 6.45) is 7.49. The van der Waals surface area contributed by atoms with Crippen molar-refractivity contribution in [3.05, 3.63) is 60.2 Å². The Balaban J connectivity index is 1.90. The Kier molecular flexibility index (Phi) is 5.48. The maximum atomic E-state index is 4.16. The zero-order valence-corrected chi connectivity index (χ0v) is 12.8. The first-order chi connectivity index (χ1) is 10.9. The standard InChI is InChI=1S/C17H23N5/c1-5-18-6-2-15(1)17(16-3-7-19-8-4-16)22-13-11-20-9-10-21-12-14-22/h1-8,17,20-21H,9-14H2. The highest BCUT2D eigenvalue weighted by molar-refractivity contribution is 5.29. The second-order valence-corrected chi connectivity index (χ2v) is 5.50. The Morgan fingerprint density at radius 2 is 1.18 bits per heavy atom. The number of hydrogen-bond acceptors (Lipinski definition) is 5. The molecule has 0 aromatic carbocycles. The van der Waals surface area contributed by atoms with Crippen LogP contribution in [0.1, 0.15) is 17.2 Å². The zero-order valence-electron chi connectivity index (χ0n) is 12.8. The highest BCUT2D eigenvalue weighted by Gasteiger charge is 2.22. The number of nitrogens with one attached hydrogen (secondary N) is 2. The first kappa shape index (κ1) is 15.1. The molecule has 1 fully saturated rings. The Bertz CT molecular complexity index is 496. The van der Waals surface area contributed by atoms with E-state index in [9.17, 15) is 0 Å². The summed E-state index contributed by atoms with van der Waals surface area (Å²) in [7, 11) is 0. The molecule has 0 saturated carbocycles. The fraction of sp³-hybridized carbons (Fsp3) is 0.412. The van der Waals surface area contributed by atoms with Crippen LogP contribution in [-0.2, 0) is 0 Å². The normalized spacial score (nSPS) is 17.7. The van der Waals surface area contributed by atoms with Crippen LogP contribution in [0.4, 0.5) is 0 Å². The molecular formula is C17H23N5. The van der Waals surface area contributed by atoms with E-state index in [1.165, 1.54) is 11.1 Å². The van der Waals surface area contributed by atoms with E-state index in [4.69, 9.17) is 0 Å². The third-order valence-electron chi connectivity index (χ3n) is 4.04. The van der Waals surface area contributed by atoms with Gasteiger partial charge in [0.25, 0.3) is 0 Å². The number of hydrogen-bond donors (Lipinski definition) is 2. The number of rotatable bonds is 3. The predicted molar refractivity (Wildman–Crippen MR) is 87.6 cm³/mol. The number of pyridine rings is 2. The average Bonchev–Trinajstić information content (AvgIpc) is 2.71. The molecule has 1 aliphatic heterocycles. The molecule has 22 heavy (non-hydrogen) atoms. The van der Waals surface area contributed by atoms with Crippen molar-refractivity contribution in [2.45, 2.75) is 6.04 Å². The van der Waals surface area contributed by atoms with Gasteiger partial charge in [-0.3, -0.25) is 14.9 Å². The fourth-order valence-electron chi connectivity index (χ4n) is 2.95. The van der Waals surface area contributed by atoms with Crippen LogP contribution in [0.25, 0.3) is 0 Å². The third-order valence-corrected chi connectivity index (χ3v) is 4.04. The van der Waals surface area contributed by atoms with Gasteiger partial charge in [0.15, 0.2) is 0 Å². The second-order valence-electron chi connectivity index (χ2n) is 5.50. The van der Waals surface area contributed by atoms with Gasteiger partial charge in [0, 0.05) is 64.1 Å². The highest BCUT2D eigenvalue weighted by Crippen LogP contribution is 2.27. The van der Waals surface area contributed by atoms with Crippen molar-refractivity contribution in [2.24, 2.45) is 0 Å². The van der Waals surface area contributed by atoms with E-state index in [0.29, 0.717) is 0 Å². The summed E-state index contributed by atoms with van der Waals surface area (Å²) in [5.41, 5.74) is 2.56. The Labute approximate surface area is 131 Å². The Morgan fingerprint density at radius 3 is 1.64 bits per heavy atom. The van der Waals surface area contributed by atoms with Gasteiger partial charge in [-0.05, 0) is 35.4 Å². The van der Waals surface area contributed by atoms with Gasteiger partial charge in [-0.1, -0.05) is 0 Å². The van der Waals surface area contributed by atoms with Crippen LogP contribution in [-0.4, -0.2) is 54.1 Å². The number of nitrogens with zero attached hydrogens (tertiary/aromatic N) is 3. The molecule has 2 N–H and O–H groups in total. The molecule has 0 radical (unpaired) electrons. The molecule has 0 bridgehead atoms. The molecule has 0 amide bonds. The van der Waals surface area contributed by atoms with Gasteiger partial charge in [-0.15, -0.1) is 0 Å². The third kappa shape index (κ3) is 3.88. The topological polar surface area (TPSA) is 53.1 Å². The van der Waals surface area contributed by atoms with Crippen molar-refractivity contribution in [1.29, 1.82) is 0 Å². The highest BCUT2D eigenvalue weighted by atomic mass is 15.2. The molecule has 5 heteroatoms. The molecule has 0 atom stereocenters. The van der Waals surface area contributed by atoms with Crippen LogP contribution in [0.5, 0.6) is 0 Å². The SMILES string of the molecule is c1cc(C(c2ccncc2)N2CCNCCNCC2)ccn1. The number of aromatic nitrogens is 2. The monoisotopic (exact) mass is 297 g/mol.